The van der Waals surface area contributed by atoms with E-state index in [0.29, 0.717) is 93.2 Å². The van der Waals surface area contributed by atoms with Crippen molar-refractivity contribution in [3.63, 3.8) is 0 Å². The minimum Gasteiger partial charge on any atom is -0.465 e. The van der Waals surface area contributed by atoms with Gasteiger partial charge in [-0.3, -0.25) is 38.4 Å². The van der Waals surface area contributed by atoms with Crippen molar-refractivity contribution < 1.29 is 76.3 Å². The summed E-state index contributed by atoms with van der Waals surface area (Å²) in [5.74, 6) is 10.2. The first kappa shape index (κ1) is 61.6. The van der Waals surface area contributed by atoms with E-state index in [2.05, 4.69) is 48.6 Å². The monoisotopic (exact) mass is 1220 g/mol. The summed E-state index contributed by atoms with van der Waals surface area (Å²) in [5, 5.41) is 0. The first-order valence-electron chi connectivity index (χ1n) is 35.0. The second-order valence-corrected chi connectivity index (χ2v) is 29.6. The van der Waals surface area contributed by atoms with Crippen molar-refractivity contribution in [2.45, 2.75) is 204 Å². The maximum Gasteiger partial charge on any atom is 0.309 e. The zero-order valence-corrected chi connectivity index (χ0v) is 51.6. The summed E-state index contributed by atoms with van der Waals surface area (Å²) in [6.45, 7) is 1.24. The Kier molecular flexibility index (Phi) is 19.4. The van der Waals surface area contributed by atoms with Gasteiger partial charge in [0.25, 0.3) is 0 Å². The summed E-state index contributed by atoms with van der Waals surface area (Å²) in [6.07, 6.45) is 43.3. The van der Waals surface area contributed by atoms with Crippen LogP contribution in [0.3, 0.4) is 0 Å². The minimum absolute atomic E-state index is 0.0117. The highest BCUT2D eigenvalue weighted by Crippen LogP contribution is 2.68. The molecule has 12 aliphatic carbocycles. The lowest BCUT2D eigenvalue weighted by Crippen LogP contribution is -2.36. The lowest BCUT2D eigenvalue weighted by molar-refractivity contribution is -0.162. The Morgan fingerprint density at radius 1 is 0.341 bits per heavy atom. The van der Waals surface area contributed by atoms with Gasteiger partial charge >= 0.3 is 47.8 Å². The van der Waals surface area contributed by atoms with Crippen LogP contribution >= 0.6 is 0 Å². The molecule has 480 valence electrons. The average molecular weight is 1220 g/mol. The van der Waals surface area contributed by atoms with Gasteiger partial charge in [0.15, 0.2) is 0 Å². The SMILES string of the molecule is O=C1CCCCC(CCOC(=O)C2CC3C=CC2C3)O1.O=C1CCCCC(CCOC(=O)C2CC3CC2C2C4C=CC(C4)C32)O1.O=C1CCCCC(COC(=O)C2CC3C=CC2C3)O1.O=C1CCCCC(COC(=O)C2CC3CC2C2C4C=CC(C4)C32)O1. The van der Waals surface area contributed by atoms with Gasteiger partial charge in [-0.05, 0) is 236 Å². The topological polar surface area (TPSA) is 210 Å². The Hall–Kier alpha value is -5.28. The van der Waals surface area contributed by atoms with Crippen molar-refractivity contribution in [2.75, 3.05) is 26.4 Å². The zero-order chi connectivity index (χ0) is 60.4. The number of cyclic esters (lactones) is 4. The standard InChI is InChI=1S/C21H28O4.C20H26O4.C16H22O4.C15H20O4/c22-18-4-2-1-3-15(25-18)7-8-24-21(23)17-11-14-10-16(17)20-13-6-5-12(9-13)19(14)20;21-17-4-2-1-3-14(24-17)10-23-20(22)16-9-13-8-15(16)19-12-6-5-11(7-12)18(13)19;17-15-4-2-1-3-13(20-15)7-8-19-16(18)14-10-11-5-6-12(14)9-11;16-14-4-2-1-3-12(19-14)9-18-15(17)13-8-10-5-6-11(13)7-10/h5-6,12-17,19-20H,1-4,7-11H2;5-6,11-16,18-19H,1-4,7-10H2;5-6,11-14H,1-4,7-10H2;5-6,10-13H,1-4,7-9H2. The molecule has 8 saturated carbocycles. The fraction of sp³-hybridized carbons (Fsp3) is 0.778. The maximum atomic E-state index is 12.7. The van der Waals surface area contributed by atoms with Gasteiger partial charge in [-0.2, -0.15) is 0 Å². The molecule has 0 aromatic heterocycles. The summed E-state index contributed by atoms with van der Waals surface area (Å²) in [7, 11) is 0. The average Bonchev–Trinajstić information content (AvgIpc) is 1.58. The van der Waals surface area contributed by atoms with Gasteiger partial charge in [-0.15, -0.1) is 0 Å². The smallest absolute Gasteiger partial charge is 0.309 e. The molecule has 88 heavy (non-hydrogen) atoms. The van der Waals surface area contributed by atoms with Gasteiger partial charge in [0.1, 0.15) is 37.6 Å². The molecule has 0 amide bonds. The number of rotatable bonds is 14. The van der Waals surface area contributed by atoms with Crippen LogP contribution < -0.4 is 0 Å². The quantitative estimate of drug-likeness (QED) is 0.0685. The number of carbonyl (C=O) groups excluding carboxylic acids is 8. The summed E-state index contributed by atoms with van der Waals surface area (Å²) in [5.41, 5.74) is 0. The molecular formula is C72H96O16. The van der Waals surface area contributed by atoms with Crippen LogP contribution in [0, 0.1) is 118 Å². The van der Waals surface area contributed by atoms with E-state index in [-0.39, 0.29) is 109 Å². The van der Waals surface area contributed by atoms with E-state index in [1.807, 2.05) is 0 Å². The molecule has 4 aliphatic heterocycles. The number of ether oxygens (including phenoxy) is 8. The van der Waals surface area contributed by atoms with Crippen LogP contribution in [0.15, 0.2) is 48.6 Å². The first-order valence-corrected chi connectivity index (χ1v) is 35.0. The summed E-state index contributed by atoms with van der Waals surface area (Å²) >= 11 is 0. The normalized spacial score (nSPS) is 42.5. The summed E-state index contributed by atoms with van der Waals surface area (Å²) in [6, 6.07) is 0. The summed E-state index contributed by atoms with van der Waals surface area (Å²) in [4.78, 5) is 95.1. The number of hydrogen-bond donors (Lipinski definition) is 0. The lowest BCUT2D eigenvalue weighted by atomic mass is 9.69. The molecule has 16 nitrogen and oxygen atoms in total. The van der Waals surface area contributed by atoms with Gasteiger partial charge in [-0.25, -0.2) is 0 Å². The lowest BCUT2D eigenvalue weighted by Gasteiger charge is -2.35. The number of allylic oxidation sites excluding steroid dienone is 8. The molecule has 16 aliphatic rings. The highest BCUT2D eigenvalue weighted by Gasteiger charge is 2.64. The Morgan fingerprint density at radius 3 is 1.07 bits per heavy atom. The highest BCUT2D eigenvalue weighted by atomic mass is 16.6. The largest absolute Gasteiger partial charge is 0.465 e. The molecule has 4 heterocycles. The van der Waals surface area contributed by atoms with E-state index in [4.69, 9.17) is 37.9 Å². The van der Waals surface area contributed by atoms with E-state index in [0.717, 1.165) is 169 Å². The number of carbonyl (C=O) groups is 8. The molecular weight excluding hydrogens is 1120 g/mol. The Labute approximate surface area is 519 Å². The highest BCUT2D eigenvalue weighted by molar-refractivity contribution is 5.76. The van der Waals surface area contributed by atoms with Crippen LogP contribution in [0.4, 0.5) is 0 Å². The fourth-order valence-electron chi connectivity index (χ4n) is 20.5. The van der Waals surface area contributed by atoms with Gasteiger partial charge < -0.3 is 37.9 Å². The third-order valence-electron chi connectivity index (χ3n) is 24.3. The van der Waals surface area contributed by atoms with Crippen molar-refractivity contribution in [1.82, 2.24) is 0 Å². The van der Waals surface area contributed by atoms with Crippen molar-refractivity contribution in [3.05, 3.63) is 48.6 Å². The van der Waals surface area contributed by atoms with Gasteiger partial charge in [0, 0.05) is 38.5 Å². The Bertz CT molecular complexity index is 2710. The predicted molar refractivity (Wildman–Crippen MR) is 319 cm³/mol. The van der Waals surface area contributed by atoms with Crippen molar-refractivity contribution >= 4 is 47.8 Å². The molecule has 0 aromatic rings. The van der Waals surface area contributed by atoms with Crippen molar-refractivity contribution in [1.29, 1.82) is 0 Å². The van der Waals surface area contributed by atoms with Gasteiger partial charge in [-0.1, -0.05) is 48.6 Å². The maximum absolute atomic E-state index is 12.7. The van der Waals surface area contributed by atoms with Crippen molar-refractivity contribution in [3.8, 4) is 0 Å². The first-order chi connectivity index (χ1) is 42.8. The molecule has 24 unspecified atom stereocenters. The second kappa shape index (κ2) is 27.7. The molecule has 16 heteroatoms. The molecule has 12 bridgehead atoms. The van der Waals surface area contributed by atoms with Crippen LogP contribution in [0.2, 0.25) is 0 Å². The van der Waals surface area contributed by atoms with Crippen LogP contribution in [0.5, 0.6) is 0 Å². The molecule has 0 aromatic carbocycles. The Morgan fingerprint density at radius 2 is 0.682 bits per heavy atom. The fourth-order valence-corrected chi connectivity index (χ4v) is 20.5. The predicted octanol–water partition coefficient (Wildman–Crippen LogP) is 11.5. The molecule has 16 rings (SSSR count). The third-order valence-corrected chi connectivity index (χ3v) is 24.3. The van der Waals surface area contributed by atoms with E-state index < -0.39 is 0 Å². The van der Waals surface area contributed by atoms with E-state index in [1.54, 1.807) is 0 Å². The van der Waals surface area contributed by atoms with Crippen molar-refractivity contribution in [2.24, 2.45) is 118 Å². The van der Waals surface area contributed by atoms with E-state index >= 15 is 0 Å². The summed E-state index contributed by atoms with van der Waals surface area (Å²) < 4.78 is 43.4. The number of esters is 8. The van der Waals surface area contributed by atoms with Crippen LogP contribution in [-0.4, -0.2) is 98.6 Å². The van der Waals surface area contributed by atoms with Crippen LogP contribution in [0.25, 0.3) is 0 Å². The van der Waals surface area contributed by atoms with Crippen LogP contribution in [-0.2, 0) is 76.3 Å². The third kappa shape index (κ3) is 13.8. The minimum atomic E-state index is -0.243. The van der Waals surface area contributed by atoms with Gasteiger partial charge in [0.2, 0.25) is 0 Å². The van der Waals surface area contributed by atoms with Gasteiger partial charge in [0.05, 0.1) is 36.9 Å². The van der Waals surface area contributed by atoms with Crippen LogP contribution in [0.1, 0.15) is 180 Å². The zero-order valence-electron chi connectivity index (χ0n) is 51.6. The second-order valence-electron chi connectivity index (χ2n) is 29.6. The van der Waals surface area contributed by atoms with E-state index in [1.165, 1.54) is 25.7 Å². The molecule has 24 atom stereocenters. The van der Waals surface area contributed by atoms with E-state index in [9.17, 15) is 38.4 Å². The molecule has 0 spiro atoms. The number of hydrogen-bond acceptors (Lipinski definition) is 16. The molecule has 0 N–H and O–H groups in total. The molecule has 12 fully saturated rings. The molecule has 4 saturated heterocycles. The molecule has 0 radical (unpaired) electrons. The number of fused-ring (bicyclic) bond motifs is 22. The Balaban J connectivity index is 0.000000109.